The van der Waals surface area contributed by atoms with E-state index in [1.165, 1.54) is 31.4 Å². The van der Waals surface area contributed by atoms with E-state index in [9.17, 15) is 9.18 Å². The number of alkyl halides is 1. The number of rotatable bonds is 3. The van der Waals surface area contributed by atoms with Crippen LogP contribution in [0.5, 0.6) is 23.0 Å². The number of hydrogen-bond donors (Lipinski definition) is 0. The van der Waals surface area contributed by atoms with Gasteiger partial charge in [-0.05, 0) is 47.7 Å². The van der Waals surface area contributed by atoms with Crippen LogP contribution in [-0.4, -0.2) is 17.2 Å². The molecule has 0 saturated heterocycles. The summed E-state index contributed by atoms with van der Waals surface area (Å²) in [6, 6.07) is 12.0. The molecule has 1 spiro atoms. The maximum Gasteiger partial charge on any atom is 0.340 e. The first-order chi connectivity index (χ1) is 14.8. The minimum Gasteiger partial charge on any atom is -0.494 e. The fourth-order valence-corrected chi connectivity index (χ4v) is 4.37. The van der Waals surface area contributed by atoms with Gasteiger partial charge in [-0.3, -0.25) is 0 Å². The molecule has 0 fully saturated rings. The lowest BCUT2D eigenvalue weighted by atomic mass is 9.77. The van der Waals surface area contributed by atoms with Gasteiger partial charge in [0.25, 0.3) is 0 Å². The monoisotopic (exact) mass is 536 g/mol. The van der Waals surface area contributed by atoms with Gasteiger partial charge in [0, 0.05) is 17.7 Å². The highest BCUT2D eigenvalue weighted by Gasteiger charge is 2.54. The molecule has 8 heteroatoms. The standard InChI is InChI=1S/C23H15F2IO5/c1-11(26)29-21-10-19-15(8-17(21)25)23(13-6-4-3-5-12(13)22(27)31-23)14-7-16(24)20(28-2)9-18(14)30-19/h3-11H,1-2H3. The number of halogens is 3. The largest absolute Gasteiger partial charge is 0.494 e. The number of carbonyl (C=O) groups is 1. The number of hydrogen-bond acceptors (Lipinski definition) is 5. The number of benzene rings is 3. The number of fused-ring (bicyclic) bond motifs is 6. The van der Waals surface area contributed by atoms with Crippen molar-refractivity contribution in [1.29, 1.82) is 0 Å². The van der Waals surface area contributed by atoms with Gasteiger partial charge in [-0.1, -0.05) is 18.2 Å². The molecule has 0 saturated carbocycles. The van der Waals surface area contributed by atoms with Gasteiger partial charge in [0.05, 0.1) is 23.8 Å². The van der Waals surface area contributed by atoms with E-state index in [0.29, 0.717) is 11.1 Å². The molecule has 3 aromatic carbocycles. The van der Waals surface area contributed by atoms with Gasteiger partial charge in [0.15, 0.2) is 28.7 Å². The first-order valence-electron chi connectivity index (χ1n) is 9.38. The topological polar surface area (TPSA) is 54.0 Å². The molecular formula is C23H15F2IO5. The molecule has 0 N–H and O–H groups in total. The van der Waals surface area contributed by atoms with Crippen molar-refractivity contribution in [1.82, 2.24) is 0 Å². The maximum atomic E-state index is 15.0. The van der Waals surface area contributed by atoms with Crippen LogP contribution in [0.1, 0.15) is 34.0 Å². The summed E-state index contributed by atoms with van der Waals surface area (Å²) in [6.45, 7) is 1.76. The Labute approximate surface area is 190 Å². The van der Waals surface area contributed by atoms with E-state index in [2.05, 4.69) is 0 Å². The number of ether oxygens (including phenoxy) is 4. The van der Waals surface area contributed by atoms with Crippen molar-refractivity contribution in [2.75, 3.05) is 7.11 Å². The Morgan fingerprint density at radius 3 is 2.23 bits per heavy atom. The smallest absolute Gasteiger partial charge is 0.340 e. The summed E-state index contributed by atoms with van der Waals surface area (Å²) in [5, 5.41) is 0. The molecular weight excluding hydrogens is 521 g/mol. The molecule has 0 aliphatic carbocycles. The highest BCUT2D eigenvalue weighted by atomic mass is 127. The van der Waals surface area contributed by atoms with Crippen LogP contribution in [0.2, 0.25) is 0 Å². The second kappa shape index (κ2) is 7.08. The van der Waals surface area contributed by atoms with Crippen molar-refractivity contribution in [2.24, 2.45) is 0 Å². The quantitative estimate of drug-likeness (QED) is 0.244. The number of carbonyl (C=O) groups excluding carboxylic acids is 1. The van der Waals surface area contributed by atoms with Crippen LogP contribution >= 0.6 is 22.6 Å². The van der Waals surface area contributed by atoms with Crippen molar-refractivity contribution in [2.45, 2.75) is 16.6 Å². The zero-order valence-electron chi connectivity index (χ0n) is 16.4. The summed E-state index contributed by atoms with van der Waals surface area (Å²) >= 11 is 2.01. The summed E-state index contributed by atoms with van der Waals surface area (Å²) in [4.78, 5) is 12.8. The van der Waals surface area contributed by atoms with E-state index in [4.69, 9.17) is 18.9 Å². The van der Waals surface area contributed by atoms with Crippen LogP contribution in [0, 0.1) is 11.6 Å². The third-order valence-electron chi connectivity index (χ3n) is 5.33. The molecule has 0 aromatic heterocycles. The highest BCUT2D eigenvalue weighted by molar-refractivity contribution is 14.1. The highest BCUT2D eigenvalue weighted by Crippen LogP contribution is 2.57. The van der Waals surface area contributed by atoms with Crippen molar-refractivity contribution in [3.05, 3.63) is 82.4 Å². The molecule has 5 nitrogen and oxygen atoms in total. The normalized spacial score (nSPS) is 19.1. The third kappa shape index (κ3) is 2.88. The van der Waals surface area contributed by atoms with Gasteiger partial charge in [-0.2, -0.15) is 0 Å². The minimum atomic E-state index is -1.57. The van der Waals surface area contributed by atoms with Gasteiger partial charge in [-0.15, -0.1) is 0 Å². The van der Waals surface area contributed by atoms with E-state index in [0.717, 1.165) is 0 Å². The lowest BCUT2D eigenvalue weighted by molar-refractivity contribution is 0.0221. The molecule has 2 aliphatic rings. The fourth-order valence-electron chi connectivity index (χ4n) is 4.09. The fraction of sp³-hybridized carbons (Fsp3) is 0.174. The molecule has 31 heavy (non-hydrogen) atoms. The second-order valence-electron chi connectivity index (χ2n) is 7.14. The van der Waals surface area contributed by atoms with Crippen LogP contribution < -0.4 is 14.2 Å². The Bertz CT molecular complexity index is 1240. The summed E-state index contributed by atoms with van der Waals surface area (Å²) in [6.07, 6.45) is 0. The number of esters is 1. The van der Waals surface area contributed by atoms with E-state index < -0.39 is 23.2 Å². The minimum absolute atomic E-state index is 0.00839. The molecule has 0 bridgehead atoms. The predicted octanol–water partition coefficient (Wildman–Crippen LogP) is 5.70. The average molecular weight is 536 g/mol. The van der Waals surface area contributed by atoms with E-state index in [1.807, 2.05) is 22.6 Å². The Morgan fingerprint density at radius 2 is 1.58 bits per heavy atom. The van der Waals surface area contributed by atoms with Crippen molar-refractivity contribution in [3.8, 4) is 23.0 Å². The SMILES string of the molecule is COc1cc2c(cc1F)C1(OC(=O)c3ccccc31)c1cc(F)c(OC(C)I)cc1O2. The maximum absolute atomic E-state index is 15.0. The lowest BCUT2D eigenvalue weighted by Gasteiger charge is -2.36. The molecule has 5 rings (SSSR count). The van der Waals surface area contributed by atoms with E-state index in [1.54, 1.807) is 31.2 Å². The van der Waals surface area contributed by atoms with E-state index in [-0.39, 0.29) is 38.2 Å². The number of methoxy groups -OCH3 is 1. The molecule has 158 valence electrons. The summed E-state index contributed by atoms with van der Waals surface area (Å²) in [5.41, 5.74) is -0.287. The molecule has 0 radical (unpaired) electrons. The van der Waals surface area contributed by atoms with Crippen molar-refractivity contribution in [3.63, 3.8) is 0 Å². The van der Waals surface area contributed by atoms with Crippen LogP contribution in [0.25, 0.3) is 0 Å². The Kier molecular flexibility index (Phi) is 4.58. The Balaban J connectivity index is 1.84. The van der Waals surface area contributed by atoms with Gasteiger partial charge in [-0.25, -0.2) is 13.6 Å². The van der Waals surface area contributed by atoms with Crippen LogP contribution in [0.4, 0.5) is 8.78 Å². The van der Waals surface area contributed by atoms with Gasteiger partial charge >= 0.3 is 5.97 Å². The second-order valence-corrected chi connectivity index (χ2v) is 8.90. The van der Waals surface area contributed by atoms with Gasteiger partial charge < -0.3 is 18.9 Å². The molecule has 3 aromatic rings. The molecule has 2 heterocycles. The van der Waals surface area contributed by atoms with Gasteiger partial charge in [0.2, 0.25) is 0 Å². The molecule has 2 unspecified atom stereocenters. The predicted molar refractivity (Wildman–Crippen MR) is 115 cm³/mol. The van der Waals surface area contributed by atoms with Crippen molar-refractivity contribution < 1.29 is 32.5 Å². The third-order valence-corrected chi connectivity index (χ3v) is 5.58. The summed E-state index contributed by atoms with van der Waals surface area (Å²) in [7, 11) is 1.34. The first-order valence-corrected chi connectivity index (χ1v) is 10.6. The van der Waals surface area contributed by atoms with Crippen LogP contribution in [-0.2, 0) is 10.3 Å². The Hall–Kier alpha value is -2.88. The molecule has 2 atom stereocenters. The summed E-state index contributed by atoms with van der Waals surface area (Å²) in [5.74, 6) is -1.47. The zero-order valence-corrected chi connectivity index (χ0v) is 18.5. The molecule has 0 amide bonds. The zero-order chi connectivity index (χ0) is 21.9. The van der Waals surface area contributed by atoms with Crippen LogP contribution in [0.15, 0.2) is 48.5 Å². The van der Waals surface area contributed by atoms with E-state index >= 15 is 4.39 Å². The lowest BCUT2D eigenvalue weighted by Crippen LogP contribution is -2.33. The molecule has 2 aliphatic heterocycles. The average Bonchev–Trinajstić information content (AvgIpc) is 3.03. The van der Waals surface area contributed by atoms with Gasteiger partial charge in [0.1, 0.15) is 15.6 Å². The van der Waals surface area contributed by atoms with Crippen molar-refractivity contribution >= 4 is 28.6 Å². The summed E-state index contributed by atoms with van der Waals surface area (Å²) < 4.78 is 52.0. The first kappa shape index (κ1) is 20.0. The van der Waals surface area contributed by atoms with Crippen LogP contribution in [0.3, 0.4) is 0 Å². The Morgan fingerprint density at radius 1 is 0.968 bits per heavy atom.